The van der Waals surface area contributed by atoms with Crippen LogP contribution in [0.5, 0.6) is 0 Å². The van der Waals surface area contributed by atoms with Crippen LogP contribution in [-0.2, 0) is 10.0 Å². The van der Waals surface area contributed by atoms with E-state index in [1.807, 2.05) is 18.2 Å². The molecule has 0 aliphatic carbocycles. The van der Waals surface area contributed by atoms with Crippen LogP contribution in [0.25, 0.3) is 0 Å². The van der Waals surface area contributed by atoms with E-state index in [1.165, 1.54) is 0 Å². The first-order chi connectivity index (χ1) is 14.9. The number of hydrogen-bond donors (Lipinski definition) is 3. The third-order valence-corrected chi connectivity index (χ3v) is 7.48. The smallest absolute Gasteiger partial charge is 0.271 e. The summed E-state index contributed by atoms with van der Waals surface area (Å²) in [6, 6.07) is 17.5. The van der Waals surface area contributed by atoms with Gasteiger partial charge in [-0.1, -0.05) is 6.07 Å². The summed E-state index contributed by atoms with van der Waals surface area (Å²) in [5, 5.41) is 6.34. The SMILES string of the molecule is Cc1nc(Nc2ccc(NS(=O)(=O)c3ccc(Br)s3)cc2)cc(Nc2ccccn2)n1. The summed E-state index contributed by atoms with van der Waals surface area (Å²) >= 11 is 4.43. The van der Waals surface area contributed by atoms with Crippen LogP contribution in [0.4, 0.5) is 28.8 Å². The predicted molar refractivity (Wildman–Crippen MR) is 127 cm³/mol. The Balaban J connectivity index is 1.46. The Bertz CT molecular complexity index is 1300. The van der Waals surface area contributed by atoms with E-state index >= 15 is 0 Å². The number of pyridine rings is 1. The molecule has 3 N–H and O–H groups in total. The van der Waals surface area contributed by atoms with Gasteiger partial charge in [0, 0.05) is 23.6 Å². The van der Waals surface area contributed by atoms with Crippen molar-refractivity contribution in [1.29, 1.82) is 0 Å². The van der Waals surface area contributed by atoms with Gasteiger partial charge in [-0.15, -0.1) is 11.3 Å². The molecule has 1 aromatic carbocycles. The van der Waals surface area contributed by atoms with Crippen molar-refractivity contribution >= 4 is 66.1 Å². The molecule has 0 radical (unpaired) electrons. The van der Waals surface area contributed by atoms with Crippen LogP contribution in [0.2, 0.25) is 0 Å². The maximum absolute atomic E-state index is 12.4. The van der Waals surface area contributed by atoms with Gasteiger partial charge in [-0.2, -0.15) is 0 Å². The maximum Gasteiger partial charge on any atom is 0.271 e. The van der Waals surface area contributed by atoms with Gasteiger partial charge in [-0.05, 0) is 71.4 Å². The maximum atomic E-state index is 12.4. The summed E-state index contributed by atoms with van der Waals surface area (Å²) in [6.07, 6.45) is 1.70. The van der Waals surface area contributed by atoms with Crippen LogP contribution in [0.15, 0.2) is 74.9 Å². The topological polar surface area (TPSA) is 109 Å². The second-order valence-electron chi connectivity index (χ2n) is 6.39. The minimum Gasteiger partial charge on any atom is -0.340 e. The standard InChI is InChI=1S/C20H17BrN6O2S2/c1-13-23-18(12-19(24-13)26-17-4-2-3-11-22-17)25-14-5-7-15(8-6-14)27-31(28,29)20-10-9-16(21)30-20/h2-12,27H,1H3,(H2,22,23,24,25,26). The van der Waals surface area contributed by atoms with Crippen molar-refractivity contribution in [1.82, 2.24) is 15.0 Å². The molecule has 4 aromatic rings. The predicted octanol–water partition coefficient (Wildman–Crippen LogP) is 5.29. The van der Waals surface area contributed by atoms with E-state index in [4.69, 9.17) is 0 Å². The first-order valence-corrected chi connectivity index (χ1v) is 12.2. The highest BCUT2D eigenvalue weighted by molar-refractivity contribution is 9.11. The number of nitrogens with one attached hydrogen (secondary N) is 3. The molecule has 3 heterocycles. The number of halogens is 1. The van der Waals surface area contributed by atoms with E-state index in [1.54, 1.807) is 55.6 Å². The average Bonchev–Trinajstić information content (AvgIpc) is 3.17. The summed E-state index contributed by atoms with van der Waals surface area (Å²) in [6.45, 7) is 1.80. The molecule has 11 heteroatoms. The zero-order valence-electron chi connectivity index (χ0n) is 16.2. The van der Waals surface area contributed by atoms with Crippen molar-refractivity contribution in [3.8, 4) is 0 Å². The molecule has 0 aliphatic rings. The van der Waals surface area contributed by atoms with Gasteiger partial charge >= 0.3 is 0 Å². The zero-order chi connectivity index (χ0) is 21.8. The first-order valence-electron chi connectivity index (χ1n) is 9.06. The zero-order valence-corrected chi connectivity index (χ0v) is 19.4. The van der Waals surface area contributed by atoms with Crippen molar-refractivity contribution in [3.05, 3.63) is 76.5 Å². The van der Waals surface area contributed by atoms with Gasteiger partial charge < -0.3 is 10.6 Å². The number of sulfonamides is 1. The minimum atomic E-state index is -3.62. The lowest BCUT2D eigenvalue weighted by Crippen LogP contribution is -2.11. The van der Waals surface area contributed by atoms with E-state index < -0.39 is 10.0 Å². The first kappa shape index (κ1) is 21.2. The molecule has 0 fully saturated rings. The average molecular weight is 517 g/mol. The highest BCUT2D eigenvalue weighted by Gasteiger charge is 2.16. The Morgan fingerprint density at radius 1 is 0.871 bits per heavy atom. The third kappa shape index (κ3) is 5.57. The van der Waals surface area contributed by atoms with Crippen molar-refractivity contribution < 1.29 is 8.42 Å². The lowest BCUT2D eigenvalue weighted by Gasteiger charge is -2.11. The molecule has 0 saturated carbocycles. The molecule has 158 valence electrons. The highest BCUT2D eigenvalue weighted by atomic mass is 79.9. The number of nitrogens with zero attached hydrogens (tertiary/aromatic N) is 3. The summed E-state index contributed by atoms with van der Waals surface area (Å²) in [5.41, 5.74) is 1.22. The second kappa shape index (κ2) is 9.00. The molecule has 31 heavy (non-hydrogen) atoms. The molecule has 0 unspecified atom stereocenters. The van der Waals surface area contributed by atoms with E-state index in [0.29, 0.717) is 29.0 Å². The molecular formula is C20H17BrN6O2S2. The number of hydrogen-bond acceptors (Lipinski definition) is 8. The Morgan fingerprint density at radius 2 is 1.58 bits per heavy atom. The van der Waals surface area contributed by atoms with Crippen LogP contribution < -0.4 is 15.4 Å². The number of anilines is 5. The summed E-state index contributed by atoms with van der Waals surface area (Å²) in [7, 11) is -3.62. The fraction of sp³-hybridized carbons (Fsp3) is 0.0500. The van der Waals surface area contributed by atoms with Gasteiger partial charge in [-0.25, -0.2) is 23.4 Å². The number of thiophene rings is 1. The molecule has 0 atom stereocenters. The van der Waals surface area contributed by atoms with E-state index in [9.17, 15) is 8.42 Å². The number of benzene rings is 1. The lowest BCUT2D eigenvalue weighted by atomic mass is 10.3. The minimum absolute atomic E-state index is 0.242. The fourth-order valence-corrected chi connectivity index (χ4v) is 5.75. The van der Waals surface area contributed by atoms with Crippen LogP contribution in [0.3, 0.4) is 0 Å². The summed E-state index contributed by atoms with van der Waals surface area (Å²) in [4.78, 5) is 13.0. The molecule has 0 amide bonds. The number of aryl methyl sites for hydroxylation is 1. The van der Waals surface area contributed by atoms with Crippen molar-refractivity contribution in [2.75, 3.05) is 15.4 Å². The van der Waals surface area contributed by atoms with Gasteiger partial charge in [0.1, 0.15) is 27.5 Å². The Kier molecular flexibility index (Phi) is 6.16. The van der Waals surface area contributed by atoms with Crippen molar-refractivity contribution in [2.24, 2.45) is 0 Å². The van der Waals surface area contributed by atoms with Crippen LogP contribution in [0, 0.1) is 6.92 Å². The quantitative estimate of drug-likeness (QED) is 0.306. The lowest BCUT2D eigenvalue weighted by molar-refractivity contribution is 0.603. The number of rotatable bonds is 7. The van der Waals surface area contributed by atoms with Gasteiger partial charge in [0.2, 0.25) is 0 Å². The van der Waals surface area contributed by atoms with Crippen LogP contribution >= 0.6 is 27.3 Å². The van der Waals surface area contributed by atoms with Gasteiger partial charge in [0.25, 0.3) is 10.0 Å². The molecule has 0 saturated heterocycles. The molecule has 0 aliphatic heterocycles. The molecule has 0 bridgehead atoms. The fourth-order valence-electron chi connectivity index (χ4n) is 2.68. The third-order valence-electron chi connectivity index (χ3n) is 3.98. The van der Waals surface area contributed by atoms with Gasteiger partial charge in [0.05, 0.1) is 3.79 Å². The molecule has 4 rings (SSSR count). The molecule has 8 nitrogen and oxygen atoms in total. The monoisotopic (exact) mass is 516 g/mol. The van der Waals surface area contributed by atoms with E-state index in [0.717, 1.165) is 20.8 Å². The van der Waals surface area contributed by atoms with Crippen molar-refractivity contribution in [2.45, 2.75) is 11.1 Å². The highest BCUT2D eigenvalue weighted by Crippen LogP contribution is 2.28. The van der Waals surface area contributed by atoms with E-state index in [2.05, 4.69) is 46.2 Å². The van der Waals surface area contributed by atoms with Gasteiger partial charge in [-0.3, -0.25) is 4.72 Å². The normalized spacial score (nSPS) is 11.2. The van der Waals surface area contributed by atoms with E-state index in [-0.39, 0.29) is 4.21 Å². The van der Waals surface area contributed by atoms with Crippen molar-refractivity contribution in [3.63, 3.8) is 0 Å². The van der Waals surface area contributed by atoms with Crippen LogP contribution in [-0.4, -0.2) is 23.4 Å². The van der Waals surface area contributed by atoms with Gasteiger partial charge in [0.15, 0.2) is 0 Å². The van der Waals surface area contributed by atoms with Crippen LogP contribution in [0.1, 0.15) is 5.82 Å². The Labute approximate surface area is 192 Å². The summed E-state index contributed by atoms with van der Waals surface area (Å²) < 4.78 is 28.5. The molecule has 0 spiro atoms. The Morgan fingerprint density at radius 3 is 2.23 bits per heavy atom. The second-order valence-corrected chi connectivity index (χ2v) is 10.8. The largest absolute Gasteiger partial charge is 0.340 e. The summed E-state index contributed by atoms with van der Waals surface area (Å²) in [5.74, 6) is 2.48. The Hall–Kier alpha value is -3.02. The molecular weight excluding hydrogens is 500 g/mol. The number of aromatic nitrogens is 3. The molecule has 3 aromatic heterocycles.